The summed E-state index contributed by atoms with van der Waals surface area (Å²) in [7, 11) is 1.56. The first-order valence-corrected chi connectivity index (χ1v) is 32.1. The molecular weight excluding hydrogens is 1320 g/mol. The number of rotatable bonds is 16. The standard InChI is InChI=1S/C74H68F10N6O10/c1-37-21-39(3)65-45-25-41(5)67(77)51(27-45)57(33-63(93)94)85-71(97)69(49-29-47(10-12-55(49)75)99-59(65)23-37)89-35-43(53(31-61(89)91)73(79,80)81)9-7-16-87(6)19-14-42-26-46-28-52(68(42)78)58(34-64(95)96)86-72(98)70(50-30-48(11-13-56(50)76)100-60-24-38(2)22-40(4)66(46)60)90-36-44(15-20-88-17-8-18-88)54(32-62(90)92)74(82,83)84/h10-13,21-32,35-36,57-58,69-70H,7-9,14-20,33-34H2,1-6H3,(H,85,97)(H,86,98)(H,93,94)(H,95,96)/t57-,58-,69-,70-/m0/s1. The monoisotopic (exact) mass is 1390 g/mol. The lowest BCUT2D eigenvalue weighted by Gasteiger charge is -2.31. The van der Waals surface area contributed by atoms with Crippen LogP contribution in [0, 0.1) is 57.9 Å². The highest BCUT2D eigenvalue weighted by Gasteiger charge is 2.40. The fourth-order valence-electron chi connectivity index (χ4n) is 13.6. The molecule has 26 heteroatoms. The van der Waals surface area contributed by atoms with Gasteiger partial charge in [-0.2, -0.15) is 26.3 Å². The number of carboxylic acids is 2. The van der Waals surface area contributed by atoms with Crippen LogP contribution in [0.4, 0.5) is 43.9 Å². The van der Waals surface area contributed by atoms with E-state index in [4.69, 9.17) is 9.47 Å². The molecule has 4 atom stereocenters. The van der Waals surface area contributed by atoms with Crippen LogP contribution in [0.1, 0.15) is 128 Å². The molecule has 0 saturated carbocycles. The predicted octanol–water partition coefficient (Wildman–Crippen LogP) is 13.9. The maximum Gasteiger partial charge on any atom is 0.416 e. The average Bonchev–Trinajstić information content (AvgIpc) is 1.25. The van der Waals surface area contributed by atoms with Crippen LogP contribution in [0.25, 0.3) is 22.3 Å². The van der Waals surface area contributed by atoms with E-state index in [0.717, 1.165) is 43.1 Å². The Labute approximate surface area is 566 Å². The van der Waals surface area contributed by atoms with E-state index in [1.807, 2.05) is 11.0 Å². The normalized spacial score (nSPS) is 17.1. The van der Waals surface area contributed by atoms with Crippen LogP contribution >= 0.6 is 0 Å². The van der Waals surface area contributed by atoms with Gasteiger partial charge in [-0.3, -0.25) is 37.9 Å². The van der Waals surface area contributed by atoms with E-state index in [1.54, 1.807) is 57.8 Å². The number of likely N-dealkylation sites (N-methyl/N-ethyl adjacent to an activating group) is 1. The number of nitrogens with one attached hydrogen (secondary N) is 2. The van der Waals surface area contributed by atoms with E-state index in [9.17, 15) is 47.4 Å². The van der Waals surface area contributed by atoms with Crippen molar-refractivity contribution in [2.45, 2.75) is 116 Å². The molecule has 5 heterocycles. The van der Waals surface area contributed by atoms with Crippen LogP contribution in [0.2, 0.25) is 0 Å². The second-order valence-corrected chi connectivity index (χ2v) is 25.9. The first kappa shape index (κ1) is 71.2. The smallest absolute Gasteiger partial charge is 0.416 e. The fourth-order valence-corrected chi connectivity index (χ4v) is 13.6. The Morgan fingerprint density at radius 3 is 1.45 bits per heavy atom. The number of hydrogen-bond acceptors (Lipinski definition) is 10. The number of pyridine rings is 2. The zero-order valence-electron chi connectivity index (χ0n) is 54.9. The molecule has 0 aliphatic carbocycles. The van der Waals surface area contributed by atoms with Crippen molar-refractivity contribution in [3.63, 3.8) is 0 Å². The number of carbonyl (C=O) groups is 4. The molecule has 11 rings (SSSR count). The third kappa shape index (κ3) is 15.1. The van der Waals surface area contributed by atoms with Crippen LogP contribution in [0.3, 0.4) is 0 Å². The number of halogens is 10. The summed E-state index contributed by atoms with van der Waals surface area (Å²) in [6.07, 6.45) is -10.8. The lowest BCUT2D eigenvalue weighted by molar-refractivity contribution is -0.139. The number of alkyl halides is 6. The van der Waals surface area contributed by atoms with Gasteiger partial charge in [0.1, 0.15) is 58.4 Å². The highest BCUT2D eigenvalue weighted by Crippen LogP contribution is 2.45. The Hall–Kier alpha value is -10.1. The van der Waals surface area contributed by atoms with Gasteiger partial charge in [-0.25, -0.2) is 17.6 Å². The number of fused-ring (bicyclic) bond motifs is 12. The predicted molar refractivity (Wildman–Crippen MR) is 349 cm³/mol. The van der Waals surface area contributed by atoms with Crippen molar-refractivity contribution in [2.24, 2.45) is 0 Å². The number of benzene rings is 6. The number of aromatic nitrogens is 2. The van der Waals surface area contributed by atoms with Crippen LogP contribution in [-0.4, -0.2) is 92.7 Å². The van der Waals surface area contributed by atoms with Crippen molar-refractivity contribution in [1.29, 1.82) is 0 Å². The highest BCUT2D eigenvalue weighted by atomic mass is 19.4. The van der Waals surface area contributed by atoms with Gasteiger partial charge in [-0.15, -0.1) is 0 Å². The molecule has 1 fully saturated rings. The summed E-state index contributed by atoms with van der Waals surface area (Å²) < 4.78 is 171. The summed E-state index contributed by atoms with van der Waals surface area (Å²) in [5.74, 6) is -9.76. The molecule has 0 unspecified atom stereocenters. The van der Waals surface area contributed by atoms with E-state index in [0.29, 0.717) is 67.2 Å². The number of nitrogens with zero attached hydrogens (tertiary/aromatic N) is 4. The van der Waals surface area contributed by atoms with Crippen LogP contribution in [-0.2, 0) is 50.8 Å². The van der Waals surface area contributed by atoms with Crippen molar-refractivity contribution in [2.75, 3.05) is 39.8 Å². The zero-order chi connectivity index (χ0) is 72.1. The molecule has 16 nitrogen and oxygen atoms in total. The zero-order valence-corrected chi connectivity index (χ0v) is 54.9. The largest absolute Gasteiger partial charge is 0.481 e. The van der Waals surface area contributed by atoms with Crippen molar-refractivity contribution in [1.82, 2.24) is 29.6 Å². The first-order valence-electron chi connectivity index (χ1n) is 32.1. The van der Waals surface area contributed by atoms with E-state index in [1.165, 1.54) is 43.3 Å². The Kier molecular flexibility index (Phi) is 20.1. The molecule has 2 amide bonds. The number of likely N-dealkylation sites (tertiary alicyclic amines) is 1. The summed E-state index contributed by atoms with van der Waals surface area (Å²) in [6.45, 7) is 9.65. The molecular formula is C74H68F10N6O10. The maximum absolute atomic E-state index is 17.7. The first-order chi connectivity index (χ1) is 47.2. The van der Waals surface area contributed by atoms with Gasteiger partial charge in [-0.05, 0) is 222 Å². The highest BCUT2D eigenvalue weighted by molar-refractivity contribution is 5.87. The van der Waals surface area contributed by atoms with E-state index in [-0.39, 0.29) is 90.2 Å². The van der Waals surface area contributed by atoms with Gasteiger partial charge in [0.25, 0.3) is 11.1 Å². The Morgan fingerprint density at radius 2 is 1.00 bits per heavy atom. The lowest BCUT2D eigenvalue weighted by atomic mass is 9.90. The summed E-state index contributed by atoms with van der Waals surface area (Å²) in [5, 5.41) is 25.6. The molecule has 0 radical (unpaired) electrons. The SMILES string of the molecule is Cc1cc(C)c2c(c1)Oc1ccc(F)c(c1)[C@H](n1cc(CCCN(C)CCc3cc4cc(c3F)[C@H](CC(=O)O)NC(=O)[C@@H](n3cc(CCN5CCC5)c(C(F)(F)F)cc3=O)c3cc(ccc3F)Oc3cc(C)cc(C)c3-4)c(C(F)(F)F)cc1=O)C(=O)N[C@@H](CC(=O)O)c1cc-2cc(C)c1F. The molecule has 100 heavy (non-hydrogen) atoms. The molecule has 524 valence electrons. The van der Waals surface area contributed by atoms with E-state index in [2.05, 4.69) is 10.6 Å². The minimum atomic E-state index is -5.18. The number of amides is 2. The van der Waals surface area contributed by atoms with Crippen LogP contribution < -0.4 is 31.2 Å². The van der Waals surface area contributed by atoms with Crippen molar-refractivity contribution < 1.29 is 82.8 Å². The number of carboxylic acid groups (broad SMARTS) is 2. The quantitative estimate of drug-likeness (QED) is 0.0668. The molecule has 4 N–H and O–H groups in total. The number of aliphatic carboxylic acids is 2. The van der Waals surface area contributed by atoms with Gasteiger partial charge in [0.15, 0.2) is 0 Å². The number of hydrogen-bond donors (Lipinski definition) is 4. The number of aryl methyl sites for hydroxylation is 6. The van der Waals surface area contributed by atoms with Gasteiger partial charge < -0.3 is 40.1 Å². The summed E-state index contributed by atoms with van der Waals surface area (Å²) in [4.78, 5) is 87.1. The van der Waals surface area contributed by atoms with Crippen molar-refractivity contribution in [3.05, 3.63) is 231 Å². The van der Waals surface area contributed by atoms with E-state index >= 15 is 35.5 Å². The summed E-state index contributed by atoms with van der Waals surface area (Å²) >= 11 is 0. The molecule has 3 aliphatic heterocycles. The van der Waals surface area contributed by atoms with Crippen molar-refractivity contribution >= 4 is 23.8 Å². The minimum absolute atomic E-state index is 0.0385. The number of ether oxygens (including phenoxy) is 2. The number of carbonyl (C=O) groups excluding carboxylic acids is 2. The Morgan fingerprint density at radius 1 is 0.540 bits per heavy atom. The van der Waals surface area contributed by atoms with Crippen LogP contribution in [0.15, 0.2) is 119 Å². The molecule has 3 aliphatic rings. The molecule has 8 bridgehead atoms. The second-order valence-electron chi connectivity index (χ2n) is 25.9. The lowest BCUT2D eigenvalue weighted by Crippen LogP contribution is -2.41. The third-order valence-corrected chi connectivity index (χ3v) is 18.4. The molecule has 6 aromatic carbocycles. The molecule has 0 spiro atoms. The van der Waals surface area contributed by atoms with Crippen molar-refractivity contribution in [3.8, 4) is 45.3 Å². The van der Waals surface area contributed by atoms with Gasteiger partial charge in [0.2, 0.25) is 11.8 Å². The maximum atomic E-state index is 17.7. The summed E-state index contributed by atoms with van der Waals surface area (Å²) in [5.41, 5.74) is -4.46. The molecule has 2 aromatic heterocycles. The second kappa shape index (κ2) is 28.3. The topological polar surface area (TPSA) is 202 Å². The minimum Gasteiger partial charge on any atom is -0.481 e. The summed E-state index contributed by atoms with van der Waals surface area (Å²) in [6, 6.07) is 11.6. The Bertz CT molecular complexity index is 4740. The fraction of sp³-hybridized carbons (Fsp3) is 0.324. The Balaban J connectivity index is 0.933. The van der Waals surface area contributed by atoms with Gasteiger partial charge in [-0.1, -0.05) is 12.1 Å². The van der Waals surface area contributed by atoms with Gasteiger partial charge >= 0.3 is 24.3 Å². The van der Waals surface area contributed by atoms with Gasteiger partial charge in [0.05, 0.1) is 36.1 Å². The molecule has 1 saturated heterocycles. The van der Waals surface area contributed by atoms with Gasteiger partial charge in [0, 0.05) is 71.0 Å². The van der Waals surface area contributed by atoms with Crippen LogP contribution in [0.5, 0.6) is 23.0 Å². The third-order valence-electron chi connectivity index (χ3n) is 18.4. The molecule has 8 aromatic rings. The van der Waals surface area contributed by atoms with E-state index < -0.39 is 153 Å². The average molecular weight is 1390 g/mol.